The zero-order valence-corrected chi connectivity index (χ0v) is 10.9. The molecule has 0 radical (unpaired) electrons. The average molecular weight is 240 g/mol. The fourth-order valence-electron chi connectivity index (χ4n) is 3.12. The first-order chi connectivity index (χ1) is 8.09. The molecule has 4 unspecified atom stereocenters. The Labute approximate surface area is 103 Å². The van der Waals surface area contributed by atoms with Crippen molar-refractivity contribution in [2.45, 2.75) is 45.3 Å². The lowest BCUT2D eigenvalue weighted by molar-refractivity contribution is -0.137. The third kappa shape index (κ3) is 2.80. The number of aliphatic hydroxyl groups excluding tert-OH is 1. The molecule has 0 spiro atoms. The van der Waals surface area contributed by atoms with Crippen LogP contribution >= 0.6 is 0 Å². The van der Waals surface area contributed by atoms with E-state index in [1.165, 1.54) is 0 Å². The molecule has 4 atom stereocenters. The zero-order chi connectivity index (χ0) is 12.4. The van der Waals surface area contributed by atoms with Crippen molar-refractivity contribution in [2.75, 3.05) is 19.6 Å². The first-order valence-electron chi connectivity index (χ1n) is 6.79. The van der Waals surface area contributed by atoms with Gasteiger partial charge < -0.3 is 15.3 Å². The number of rotatable bonds is 3. The van der Waals surface area contributed by atoms with Crippen LogP contribution in [0.1, 0.15) is 33.1 Å². The SMILES string of the molecule is CC(O)CC1CCCN1C(=O)C1CNCC1C. The highest BCUT2D eigenvalue weighted by molar-refractivity contribution is 5.80. The maximum absolute atomic E-state index is 12.5. The van der Waals surface area contributed by atoms with Crippen LogP contribution in [-0.2, 0) is 4.79 Å². The number of aliphatic hydroxyl groups is 1. The molecule has 0 aromatic heterocycles. The monoisotopic (exact) mass is 240 g/mol. The zero-order valence-electron chi connectivity index (χ0n) is 10.9. The van der Waals surface area contributed by atoms with Gasteiger partial charge in [-0.25, -0.2) is 0 Å². The van der Waals surface area contributed by atoms with E-state index < -0.39 is 0 Å². The van der Waals surface area contributed by atoms with Gasteiger partial charge in [-0.2, -0.15) is 0 Å². The number of hydrogen-bond acceptors (Lipinski definition) is 3. The Hall–Kier alpha value is -0.610. The summed E-state index contributed by atoms with van der Waals surface area (Å²) in [7, 11) is 0. The van der Waals surface area contributed by atoms with Gasteiger partial charge in [-0.05, 0) is 38.6 Å². The Bertz CT molecular complexity index is 281. The van der Waals surface area contributed by atoms with Crippen molar-refractivity contribution in [3.05, 3.63) is 0 Å². The van der Waals surface area contributed by atoms with Gasteiger partial charge in [0.05, 0.1) is 12.0 Å². The predicted octanol–water partition coefficient (Wildman–Crippen LogP) is 0.604. The van der Waals surface area contributed by atoms with E-state index >= 15 is 0 Å². The van der Waals surface area contributed by atoms with Crippen molar-refractivity contribution in [3.8, 4) is 0 Å². The summed E-state index contributed by atoms with van der Waals surface area (Å²) >= 11 is 0. The van der Waals surface area contributed by atoms with E-state index in [4.69, 9.17) is 0 Å². The number of carbonyl (C=O) groups excluding carboxylic acids is 1. The van der Waals surface area contributed by atoms with Gasteiger partial charge in [0.1, 0.15) is 0 Å². The molecule has 2 N–H and O–H groups in total. The number of carbonyl (C=O) groups is 1. The summed E-state index contributed by atoms with van der Waals surface area (Å²) in [5.41, 5.74) is 0. The van der Waals surface area contributed by atoms with Crippen molar-refractivity contribution in [2.24, 2.45) is 11.8 Å². The molecule has 2 rings (SSSR count). The van der Waals surface area contributed by atoms with Gasteiger partial charge in [0.25, 0.3) is 0 Å². The van der Waals surface area contributed by atoms with Gasteiger partial charge in [0.15, 0.2) is 0 Å². The van der Waals surface area contributed by atoms with Crippen LogP contribution in [0.5, 0.6) is 0 Å². The Morgan fingerprint density at radius 2 is 2.29 bits per heavy atom. The molecule has 4 heteroatoms. The summed E-state index contributed by atoms with van der Waals surface area (Å²) in [6.07, 6.45) is 2.54. The number of amides is 1. The number of hydrogen-bond donors (Lipinski definition) is 2. The lowest BCUT2D eigenvalue weighted by Gasteiger charge is -2.29. The molecule has 2 aliphatic rings. The Morgan fingerprint density at radius 3 is 2.88 bits per heavy atom. The van der Waals surface area contributed by atoms with Crippen molar-refractivity contribution >= 4 is 5.91 Å². The van der Waals surface area contributed by atoms with Crippen LogP contribution < -0.4 is 5.32 Å². The molecule has 2 saturated heterocycles. The van der Waals surface area contributed by atoms with Crippen LogP contribution in [0, 0.1) is 11.8 Å². The van der Waals surface area contributed by atoms with E-state index in [-0.39, 0.29) is 18.1 Å². The standard InChI is InChI=1S/C13H24N2O2/c1-9-7-14-8-12(9)13(17)15-5-3-4-11(15)6-10(2)16/h9-12,14,16H,3-8H2,1-2H3. The Morgan fingerprint density at radius 1 is 1.53 bits per heavy atom. The van der Waals surface area contributed by atoms with Crippen LogP contribution in [0.3, 0.4) is 0 Å². The van der Waals surface area contributed by atoms with E-state index in [1.807, 2.05) is 4.90 Å². The minimum Gasteiger partial charge on any atom is -0.393 e. The van der Waals surface area contributed by atoms with Crippen molar-refractivity contribution in [1.82, 2.24) is 10.2 Å². The van der Waals surface area contributed by atoms with E-state index in [0.717, 1.165) is 38.9 Å². The molecule has 1 amide bonds. The number of nitrogens with one attached hydrogen (secondary N) is 1. The summed E-state index contributed by atoms with van der Waals surface area (Å²) < 4.78 is 0. The lowest BCUT2D eigenvalue weighted by atomic mass is 9.96. The van der Waals surface area contributed by atoms with Crippen LogP contribution in [0.25, 0.3) is 0 Å². The van der Waals surface area contributed by atoms with Gasteiger partial charge >= 0.3 is 0 Å². The summed E-state index contributed by atoms with van der Waals surface area (Å²) in [5.74, 6) is 0.880. The highest BCUT2D eigenvalue weighted by Crippen LogP contribution is 2.27. The molecule has 2 aliphatic heterocycles. The third-order valence-electron chi connectivity index (χ3n) is 4.11. The van der Waals surface area contributed by atoms with Crippen molar-refractivity contribution in [1.29, 1.82) is 0 Å². The van der Waals surface area contributed by atoms with Gasteiger partial charge in [0, 0.05) is 19.1 Å². The number of nitrogens with zero attached hydrogens (tertiary/aromatic N) is 1. The van der Waals surface area contributed by atoms with Crippen LogP contribution in [0.4, 0.5) is 0 Å². The third-order valence-corrected chi connectivity index (χ3v) is 4.11. The quantitative estimate of drug-likeness (QED) is 0.760. The van der Waals surface area contributed by atoms with Gasteiger partial charge in [-0.1, -0.05) is 6.92 Å². The molecule has 0 aromatic rings. The minimum absolute atomic E-state index is 0.143. The van der Waals surface area contributed by atoms with E-state index in [9.17, 15) is 9.90 Å². The smallest absolute Gasteiger partial charge is 0.227 e. The minimum atomic E-state index is -0.312. The van der Waals surface area contributed by atoms with Gasteiger partial charge in [-0.15, -0.1) is 0 Å². The van der Waals surface area contributed by atoms with E-state index in [2.05, 4.69) is 12.2 Å². The molecule has 4 nitrogen and oxygen atoms in total. The molecule has 0 aliphatic carbocycles. The van der Waals surface area contributed by atoms with Gasteiger partial charge in [0.2, 0.25) is 5.91 Å². The summed E-state index contributed by atoms with van der Waals surface area (Å²) in [4.78, 5) is 14.5. The molecule has 98 valence electrons. The van der Waals surface area contributed by atoms with Gasteiger partial charge in [-0.3, -0.25) is 4.79 Å². The van der Waals surface area contributed by atoms with Crippen LogP contribution in [-0.4, -0.2) is 47.7 Å². The normalized spacial score (nSPS) is 35.2. The molecule has 0 saturated carbocycles. The first-order valence-corrected chi connectivity index (χ1v) is 6.79. The summed E-state index contributed by atoms with van der Waals surface area (Å²) in [6.45, 7) is 6.59. The molecular formula is C13H24N2O2. The second-order valence-electron chi connectivity index (χ2n) is 5.65. The van der Waals surface area contributed by atoms with E-state index in [1.54, 1.807) is 6.92 Å². The largest absolute Gasteiger partial charge is 0.393 e. The second kappa shape index (κ2) is 5.36. The molecular weight excluding hydrogens is 216 g/mol. The van der Waals surface area contributed by atoms with Crippen LogP contribution in [0.15, 0.2) is 0 Å². The highest BCUT2D eigenvalue weighted by Gasteiger charge is 2.37. The highest BCUT2D eigenvalue weighted by atomic mass is 16.3. The maximum Gasteiger partial charge on any atom is 0.227 e. The molecule has 17 heavy (non-hydrogen) atoms. The molecule has 2 heterocycles. The van der Waals surface area contributed by atoms with E-state index in [0.29, 0.717) is 11.8 Å². The second-order valence-corrected chi connectivity index (χ2v) is 5.65. The number of likely N-dealkylation sites (tertiary alicyclic amines) is 1. The predicted molar refractivity (Wildman–Crippen MR) is 66.6 cm³/mol. The Balaban J connectivity index is 1.97. The molecule has 0 aromatic carbocycles. The summed E-state index contributed by atoms with van der Waals surface area (Å²) in [6, 6.07) is 0.260. The summed E-state index contributed by atoms with van der Waals surface area (Å²) in [5, 5.41) is 12.8. The lowest BCUT2D eigenvalue weighted by Crippen LogP contribution is -2.42. The average Bonchev–Trinajstić information content (AvgIpc) is 2.85. The van der Waals surface area contributed by atoms with Crippen molar-refractivity contribution in [3.63, 3.8) is 0 Å². The molecule has 0 bridgehead atoms. The Kier molecular flexibility index (Phi) is 4.05. The molecule has 2 fully saturated rings. The topological polar surface area (TPSA) is 52.6 Å². The van der Waals surface area contributed by atoms with Crippen molar-refractivity contribution < 1.29 is 9.90 Å². The fraction of sp³-hybridized carbons (Fsp3) is 0.923. The first kappa shape index (κ1) is 12.8. The maximum atomic E-state index is 12.5. The van der Waals surface area contributed by atoms with Crippen LogP contribution in [0.2, 0.25) is 0 Å². The fourth-order valence-corrected chi connectivity index (χ4v) is 3.12.